The van der Waals surface area contributed by atoms with Gasteiger partial charge in [0, 0.05) is 31.7 Å². The van der Waals surface area contributed by atoms with E-state index < -0.39 is 17.7 Å². The molecule has 9 nitrogen and oxygen atoms in total. The molecule has 2 fully saturated rings. The van der Waals surface area contributed by atoms with Crippen LogP contribution in [0.5, 0.6) is 17.2 Å². The number of unbranched alkanes of at least 4 members (excludes halogenated alkanes) is 1. The third-order valence-corrected chi connectivity index (χ3v) is 7.52. The lowest BCUT2D eigenvalue weighted by Crippen LogP contribution is -2.39. The number of likely N-dealkylation sites (tertiary alicyclic amines) is 1. The maximum absolute atomic E-state index is 13.5. The van der Waals surface area contributed by atoms with Gasteiger partial charge in [0.15, 0.2) is 11.5 Å². The molecule has 2 saturated heterocycles. The lowest BCUT2D eigenvalue weighted by molar-refractivity contribution is -0.140. The number of aliphatic hydroxyl groups is 1. The summed E-state index contributed by atoms with van der Waals surface area (Å²) < 4.78 is 22.6. The smallest absolute Gasteiger partial charge is 0.295 e. The highest BCUT2D eigenvalue weighted by Gasteiger charge is 2.46. The van der Waals surface area contributed by atoms with Crippen molar-refractivity contribution in [2.45, 2.75) is 46.1 Å². The molecule has 2 aromatic carbocycles. The van der Waals surface area contributed by atoms with Crippen molar-refractivity contribution in [3.8, 4) is 17.2 Å². The molecule has 0 spiro atoms. The van der Waals surface area contributed by atoms with Gasteiger partial charge < -0.3 is 29.0 Å². The Kier molecular flexibility index (Phi) is 10.7. The molecule has 4 rings (SSSR count). The van der Waals surface area contributed by atoms with Crippen molar-refractivity contribution >= 4 is 17.4 Å². The van der Waals surface area contributed by atoms with Gasteiger partial charge in [-0.2, -0.15) is 0 Å². The lowest BCUT2D eigenvalue weighted by atomic mass is 9.94. The van der Waals surface area contributed by atoms with Gasteiger partial charge in [-0.25, -0.2) is 0 Å². The summed E-state index contributed by atoms with van der Waals surface area (Å²) in [5.74, 6) is 0.256. The summed E-state index contributed by atoms with van der Waals surface area (Å²) >= 11 is 0. The number of Topliss-reactive ketones (excluding diaryl/α,β-unsaturated/α-hetero) is 1. The first-order valence-electron chi connectivity index (χ1n) is 14.5. The molecule has 41 heavy (non-hydrogen) atoms. The molecule has 9 heteroatoms. The predicted octanol–water partition coefficient (Wildman–Crippen LogP) is 4.73. The fraction of sp³-hybridized carbons (Fsp3) is 0.500. The molecular formula is C32H42N2O7. The average molecular weight is 567 g/mol. The molecule has 222 valence electrons. The van der Waals surface area contributed by atoms with E-state index in [-0.39, 0.29) is 11.3 Å². The number of carbonyl (C=O) groups excluding carboxylic acids is 2. The number of aliphatic hydroxyl groups excluding tert-OH is 1. The number of ether oxygens (including phenoxy) is 4. The summed E-state index contributed by atoms with van der Waals surface area (Å²) in [5.41, 5.74) is 2.02. The fourth-order valence-electron chi connectivity index (χ4n) is 5.32. The van der Waals surface area contributed by atoms with E-state index in [4.69, 9.17) is 18.9 Å². The van der Waals surface area contributed by atoms with Crippen LogP contribution in [0, 0.1) is 6.92 Å². The zero-order valence-electron chi connectivity index (χ0n) is 24.6. The molecule has 2 aromatic rings. The Labute approximate surface area is 242 Å². The average Bonchev–Trinajstić information content (AvgIpc) is 3.23. The van der Waals surface area contributed by atoms with Crippen molar-refractivity contribution < 1.29 is 33.6 Å². The van der Waals surface area contributed by atoms with Crippen molar-refractivity contribution in [1.82, 2.24) is 9.80 Å². The number of nitrogens with zero attached hydrogens (tertiary/aromatic N) is 2. The van der Waals surface area contributed by atoms with Gasteiger partial charge in [-0.3, -0.25) is 14.5 Å². The zero-order chi connectivity index (χ0) is 29.4. The van der Waals surface area contributed by atoms with Crippen molar-refractivity contribution in [2.75, 3.05) is 59.7 Å². The number of hydrogen-bond acceptors (Lipinski definition) is 8. The Morgan fingerprint density at radius 2 is 1.73 bits per heavy atom. The van der Waals surface area contributed by atoms with Gasteiger partial charge in [0.05, 0.1) is 45.2 Å². The van der Waals surface area contributed by atoms with Crippen molar-refractivity contribution in [1.29, 1.82) is 0 Å². The van der Waals surface area contributed by atoms with Crippen molar-refractivity contribution in [3.63, 3.8) is 0 Å². The summed E-state index contributed by atoms with van der Waals surface area (Å²) in [6.07, 6.45) is 2.66. The fourth-order valence-corrected chi connectivity index (χ4v) is 5.32. The number of rotatable bonds is 13. The molecule has 0 unspecified atom stereocenters. The Morgan fingerprint density at radius 3 is 2.41 bits per heavy atom. The van der Waals surface area contributed by atoms with Crippen LogP contribution < -0.4 is 14.2 Å². The summed E-state index contributed by atoms with van der Waals surface area (Å²) in [6.45, 7) is 11.2. The van der Waals surface area contributed by atoms with Gasteiger partial charge in [-0.05, 0) is 68.1 Å². The molecular weight excluding hydrogens is 524 g/mol. The van der Waals surface area contributed by atoms with Crippen LogP contribution in [-0.2, 0) is 14.3 Å². The first-order valence-corrected chi connectivity index (χ1v) is 14.5. The Morgan fingerprint density at radius 1 is 0.976 bits per heavy atom. The first-order chi connectivity index (χ1) is 19.9. The van der Waals surface area contributed by atoms with Gasteiger partial charge in [-0.1, -0.05) is 19.4 Å². The zero-order valence-corrected chi connectivity index (χ0v) is 24.6. The van der Waals surface area contributed by atoms with Gasteiger partial charge >= 0.3 is 0 Å². The molecule has 0 bridgehead atoms. The molecule has 1 atom stereocenters. The van der Waals surface area contributed by atoms with E-state index in [0.717, 1.165) is 43.8 Å². The number of amides is 1. The van der Waals surface area contributed by atoms with Crippen LogP contribution in [0.25, 0.3) is 5.76 Å². The largest absolute Gasteiger partial charge is 0.507 e. The number of methoxy groups -OCH3 is 1. The highest BCUT2D eigenvalue weighted by atomic mass is 16.5. The minimum Gasteiger partial charge on any atom is -0.507 e. The van der Waals surface area contributed by atoms with Crippen LogP contribution in [0.4, 0.5) is 0 Å². The van der Waals surface area contributed by atoms with Crippen LogP contribution >= 0.6 is 0 Å². The van der Waals surface area contributed by atoms with Crippen molar-refractivity contribution in [3.05, 3.63) is 58.7 Å². The molecule has 2 aliphatic heterocycles. The Hall–Kier alpha value is -3.56. The third kappa shape index (κ3) is 7.02. The van der Waals surface area contributed by atoms with Crippen LogP contribution in [0.3, 0.4) is 0 Å². The van der Waals surface area contributed by atoms with E-state index in [2.05, 4.69) is 11.8 Å². The first kappa shape index (κ1) is 30.4. The Bertz CT molecular complexity index is 1250. The van der Waals surface area contributed by atoms with Crippen molar-refractivity contribution in [2.24, 2.45) is 0 Å². The highest BCUT2D eigenvalue weighted by Crippen LogP contribution is 2.42. The molecule has 1 N–H and O–H groups in total. The second-order valence-corrected chi connectivity index (χ2v) is 10.3. The number of ketones is 1. The number of benzene rings is 2. The number of morpholine rings is 1. The topological polar surface area (TPSA) is 97.8 Å². The lowest BCUT2D eigenvalue weighted by Gasteiger charge is -2.29. The molecule has 1 amide bonds. The van der Waals surface area contributed by atoms with Crippen LogP contribution in [0.1, 0.15) is 55.8 Å². The predicted molar refractivity (Wildman–Crippen MR) is 157 cm³/mol. The van der Waals surface area contributed by atoms with E-state index in [0.29, 0.717) is 62.0 Å². The van der Waals surface area contributed by atoms with Gasteiger partial charge in [0.1, 0.15) is 11.5 Å². The van der Waals surface area contributed by atoms with Gasteiger partial charge in [0.2, 0.25) is 0 Å². The van der Waals surface area contributed by atoms with E-state index in [1.165, 1.54) is 0 Å². The third-order valence-electron chi connectivity index (χ3n) is 7.52. The van der Waals surface area contributed by atoms with Gasteiger partial charge in [0.25, 0.3) is 11.7 Å². The SMILES string of the molecule is CCCCOc1ccc(/C(O)=C2\C(=O)C(=O)N(CCCN3CCOCC3)[C@H]2c2ccc(OCC)c(OC)c2)cc1C. The quantitative estimate of drug-likeness (QED) is 0.161. The summed E-state index contributed by atoms with van der Waals surface area (Å²) in [7, 11) is 1.55. The second-order valence-electron chi connectivity index (χ2n) is 10.3. The molecule has 0 aliphatic carbocycles. The van der Waals surface area contributed by atoms with Gasteiger partial charge in [-0.15, -0.1) is 0 Å². The minimum absolute atomic E-state index is 0.0617. The second kappa shape index (κ2) is 14.4. The Balaban J connectivity index is 1.70. The molecule has 2 heterocycles. The summed E-state index contributed by atoms with van der Waals surface area (Å²) in [6, 6.07) is 9.92. The van der Waals surface area contributed by atoms with Crippen LogP contribution in [0.15, 0.2) is 42.0 Å². The summed E-state index contributed by atoms with van der Waals surface area (Å²) in [4.78, 5) is 30.8. The monoisotopic (exact) mass is 566 g/mol. The maximum atomic E-state index is 13.5. The molecule has 0 aromatic heterocycles. The van der Waals surface area contributed by atoms with E-state index in [9.17, 15) is 14.7 Å². The number of hydrogen-bond donors (Lipinski definition) is 1. The normalized spacial score (nSPS) is 19.0. The van der Waals surface area contributed by atoms with Crippen LogP contribution in [0.2, 0.25) is 0 Å². The molecule has 0 radical (unpaired) electrons. The van der Waals surface area contributed by atoms with Crippen LogP contribution in [-0.4, -0.2) is 86.3 Å². The number of carbonyl (C=O) groups is 2. The molecule has 2 aliphatic rings. The highest BCUT2D eigenvalue weighted by molar-refractivity contribution is 6.46. The summed E-state index contributed by atoms with van der Waals surface area (Å²) in [5, 5.41) is 11.5. The molecule has 0 saturated carbocycles. The number of aryl methyl sites for hydroxylation is 1. The minimum atomic E-state index is -0.773. The standard InChI is InChI=1S/C32H42N2O7/c1-5-7-17-41-25-11-10-24(20-22(25)3)30(35)28-29(23-9-12-26(40-6-2)27(21-23)38-4)34(32(37)31(28)36)14-8-13-33-15-18-39-19-16-33/h9-12,20-21,29,35H,5-8,13-19H2,1-4H3/b30-28+/t29-/m0/s1. The van der Waals surface area contributed by atoms with E-state index >= 15 is 0 Å². The van der Waals surface area contributed by atoms with E-state index in [1.807, 2.05) is 19.9 Å². The van der Waals surface area contributed by atoms with E-state index in [1.54, 1.807) is 42.3 Å². The maximum Gasteiger partial charge on any atom is 0.295 e.